The van der Waals surface area contributed by atoms with Crippen molar-refractivity contribution < 1.29 is 13.9 Å². The van der Waals surface area contributed by atoms with Crippen LogP contribution in [0.3, 0.4) is 0 Å². The van der Waals surface area contributed by atoms with Crippen LogP contribution in [0.5, 0.6) is 0 Å². The third-order valence-electron chi connectivity index (χ3n) is 2.57. The highest BCUT2D eigenvalue weighted by molar-refractivity contribution is 5.69. The molecule has 5 heteroatoms. The Morgan fingerprint density at radius 3 is 2.75 bits per heavy atom. The van der Waals surface area contributed by atoms with Gasteiger partial charge >= 0.3 is 6.09 Å². The molecule has 1 aliphatic rings. The van der Waals surface area contributed by atoms with Crippen molar-refractivity contribution in [1.29, 1.82) is 0 Å². The minimum Gasteiger partial charge on any atom is -0.444 e. The number of carbonyl (C=O) groups excluding carboxylic acids is 1. The van der Waals surface area contributed by atoms with Gasteiger partial charge < -0.3 is 15.4 Å². The first-order valence-electron chi connectivity index (χ1n) is 5.69. The summed E-state index contributed by atoms with van der Waals surface area (Å²) in [6.07, 6.45) is -0.122. The van der Waals surface area contributed by atoms with Crippen molar-refractivity contribution >= 4 is 6.09 Å². The summed E-state index contributed by atoms with van der Waals surface area (Å²) in [5.41, 5.74) is 4.74. The first kappa shape index (κ1) is 13.2. The molecule has 16 heavy (non-hydrogen) atoms. The van der Waals surface area contributed by atoms with Crippen LogP contribution in [0.15, 0.2) is 0 Å². The quantitative estimate of drug-likeness (QED) is 0.788. The highest BCUT2D eigenvalue weighted by atomic mass is 19.1. The van der Waals surface area contributed by atoms with Crippen molar-refractivity contribution in [1.82, 2.24) is 4.90 Å². The summed E-state index contributed by atoms with van der Waals surface area (Å²) in [5, 5.41) is 0. The predicted molar refractivity (Wildman–Crippen MR) is 59.9 cm³/mol. The second kappa shape index (κ2) is 4.99. The fraction of sp³-hybridized carbons (Fsp3) is 0.909. The second-order valence-corrected chi connectivity index (χ2v) is 5.14. The van der Waals surface area contributed by atoms with Gasteiger partial charge in [-0.25, -0.2) is 9.18 Å². The number of hydrogen-bond donors (Lipinski definition) is 1. The first-order valence-corrected chi connectivity index (χ1v) is 5.69. The fourth-order valence-electron chi connectivity index (χ4n) is 1.87. The van der Waals surface area contributed by atoms with Gasteiger partial charge in [-0.05, 0) is 33.6 Å². The third-order valence-corrected chi connectivity index (χ3v) is 2.57. The lowest BCUT2D eigenvalue weighted by Gasteiger charge is -2.29. The molecular weight excluding hydrogens is 211 g/mol. The molecule has 0 aromatic carbocycles. The molecule has 2 unspecified atom stereocenters. The molecule has 0 aliphatic carbocycles. The van der Waals surface area contributed by atoms with Crippen LogP contribution in [0.1, 0.15) is 33.6 Å². The number of alkyl halides is 1. The SMILES string of the molecule is CC(C)(C)OC(=O)N1CCCC1C(F)CN. The van der Waals surface area contributed by atoms with E-state index in [0.717, 1.165) is 6.42 Å². The largest absolute Gasteiger partial charge is 0.444 e. The summed E-state index contributed by atoms with van der Waals surface area (Å²) in [6, 6.07) is -0.417. The van der Waals surface area contributed by atoms with Crippen molar-refractivity contribution in [2.45, 2.75) is 51.4 Å². The number of amides is 1. The number of likely N-dealkylation sites (tertiary alicyclic amines) is 1. The van der Waals surface area contributed by atoms with Gasteiger partial charge in [0.1, 0.15) is 11.8 Å². The summed E-state index contributed by atoms with van der Waals surface area (Å²) < 4.78 is 18.7. The number of nitrogens with zero attached hydrogens (tertiary/aromatic N) is 1. The van der Waals surface area contributed by atoms with E-state index in [2.05, 4.69) is 0 Å². The molecule has 4 nitrogen and oxygen atoms in total. The number of hydrogen-bond acceptors (Lipinski definition) is 3. The first-order chi connectivity index (χ1) is 7.35. The topological polar surface area (TPSA) is 55.6 Å². The fourth-order valence-corrected chi connectivity index (χ4v) is 1.87. The van der Waals surface area contributed by atoms with Gasteiger partial charge in [0, 0.05) is 13.1 Å². The van der Waals surface area contributed by atoms with E-state index in [1.165, 1.54) is 4.90 Å². The Kier molecular flexibility index (Phi) is 4.13. The molecule has 1 heterocycles. The zero-order valence-electron chi connectivity index (χ0n) is 10.2. The molecule has 0 spiro atoms. The van der Waals surface area contributed by atoms with E-state index in [4.69, 9.17) is 10.5 Å². The number of halogens is 1. The molecule has 0 aromatic rings. The van der Waals surface area contributed by atoms with E-state index < -0.39 is 23.9 Å². The maximum atomic E-state index is 13.5. The lowest BCUT2D eigenvalue weighted by Crippen LogP contribution is -2.45. The summed E-state index contributed by atoms with van der Waals surface area (Å²) in [5.74, 6) is 0. The molecular formula is C11H21FN2O2. The Labute approximate surface area is 95.9 Å². The molecule has 0 saturated carbocycles. The van der Waals surface area contributed by atoms with Crippen LogP contribution >= 0.6 is 0 Å². The van der Waals surface area contributed by atoms with Gasteiger partial charge in [0.05, 0.1) is 6.04 Å². The minimum atomic E-state index is -1.16. The van der Waals surface area contributed by atoms with E-state index in [9.17, 15) is 9.18 Å². The third kappa shape index (κ3) is 3.33. The second-order valence-electron chi connectivity index (χ2n) is 5.14. The van der Waals surface area contributed by atoms with Crippen molar-refractivity contribution in [2.75, 3.05) is 13.1 Å². The molecule has 1 rings (SSSR count). The van der Waals surface area contributed by atoms with Gasteiger partial charge in [0.2, 0.25) is 0 Å². The minimum absolute atomic E-state index is 0.0516. The number of carbonyl (C=O) groups is 1. The van der Waals surface area contributed by atoms with E-state index in [-0.39, 0.29) is 6.54 Å². The Morgan fingerprint density at radius 1 is 1.62 bits per heavy atom. The van der Waals surface area contributed by atoms with Crippen LogP contribution in [0, 0.1) is 0 Å². The molecule has 2 N–H and O–H groups in total. The molecule has 1 aliphatic heterocycles. The molecule has 94 valence electrons. The van der Waals surface area contributed by atoms with E-state index in [1.807, 2.05) is 0 Å². The molecule has 0 radical (unpaired) electrons. The summed E-state index contributed by atoms with van der Waals surface area (Å²) in [4.78, 5) is 13.2. The molecule has 0 aromatic heterocycles. The maximum absolute atomic E-state index is 13.5. The average molecular weight is 232 g/mol. The van der Waals surface area contributed by atoms with Gasteiger partial charge in [0.25, 0.3) is 0 Å². The smallest absolute Gasteiger partial charge is 0.410 e. The van der Waals surface area contributed by atoms with Gasteiger partial charge in [-0.2, -0.15) is 0 Å². The monoisotopic (exact) mass is 232 g/mol. The molecule has 1 fully saturated rings. The lowest BCUT2D eigenvalue weighted by molar-refractivity contribution is 0.0156. The molecule has 1 amide bonds. The summed E-state index contributed by atoms with van der Waals surface area (Å²) in [6.45, 7) is 5.90. The molecule has 2 atom stereocenters. The van der Waals surface area contributed by atoms with Crippen LogP contribution in [0.4, 0.5) is 9.18 Å². The van der Waals surface area contributed by atoms with E-state index in [0.29, 0.717) is 13.0 Å². The Morgan fingerprint density at radius 2 is 2.25 bits per heavy atom. The number of rotatable bonds is 2. The number of nitrogens with two attached hydrogens (primary N) is 1. The summed E-state index contributed by atoms with van der Waals surface area (Å²) in [7, 11) is 0. The molecule has 1 saturated heterocycles. The zero-order chi connectivity index (χ0) is 12.3. The highest BCUT2D eigenvalue weighted by Gasteiger charge is 2.36. The average Bonchev–Trinajstić information content (AvgIpc) is 2.62. The van der Waals surface area contributed by atoms with Crippen LogP contribution in [-0.2, 0) is 4.74 Å². The van der Waals surface area contributed by atoms with Crippen LogP contribution in [0.2, 0.25) is 0 Å². The van der Waals surface area contributed by atoms with Gasteiger partial charge in [0.15, 0.2) is 0 Å². The maximum Gasteiger partial charge on any atom is 0.410 e. The van der Waals surface area contributed by atoms with Crippen LogP contribution in [-0.4, -0.2) is 41.9 Å². The Hall–Kier alpha value is -0.840. The van der Waals surface area contributed by atoms with E-state index >= 15 is 0 Å². The standard InChI is InChI=1S/C11H21FN2O2/c1-11(2,3)16-10(15)14-6-4-5-9(14)8(12)7-13/h8-9H,4-7,13H2,1-3H3. The van der Waals surface area contributed by atoms with Crippen LogP contribution < -0.4 is 5.73 Å². The zero-order valence-corrected chi connectivity index (χ0v) is 10.2. The lowest BCUT2D eigenvalue weighted by atomic mass is 10.1. The van der Waals surface area contributed by atoms with Crippen molar-refractivity contribution in [3.05, 3.63) is 0 Å². The van der Waals surface area contributed by atoms with E-state index in [1.54, 1.807) is 20.8 Å². The van der Waals surface area contributed by atoms with Crippen LogP contribution in [0.25, 0.3) is 0 Å². The summed E-state index contributed by atoms with van der Waals surface area (Å²) >= 11 is 0. The van der Waals surface area contributed by atoms with Gasteiger partial charge in [-0.1, -0.05) is 0 Å². The van der Waals surface area contributed by atoms with Gasteiger partial charge in [-0.3, -0.25) is 0 Å². The van der Waals surface area contributed by atoms with Gasteiger partial charge in [-0.15, -0.1) is 0 Å². The normalized spacial score (nSPS) is 23.3. The van der Waals surface area contributed by atoms with Crippen molar-refractivity contribution in [3.63, 3.8) is 0 Å². The number of ether oxygens (including phenoxy) is 1. The van der Waals surface area contributed by atoms with Crippen molar-refractivity contribution in [3.8, 4) is 0 Å². The van der Waals surface area contributed by atoms with Crippen molar-refractivity contribution in [2.24, 2.45) is 5.73 Å². The highest BCUT2D eigenvalue weighted by Crippen LogP contribution is 2.24. The predicted octanol–water partition coefficient (Wildman–Crippen LogP) is 1.68. The Bertz CT molecular complexity index is 253. The Balaban J connectivity index is 2.61. The molecule has 0 bridgehead atoms.